The number of amides is 1. The summed E-state index contributed by atoms with van der Waals surface area (Å²) in [6, 6.07) is 8.29. The maximum Gasteiger partial charge on any atom is 0.227 e. The molecule has 1 amide bonds. The summed E-state index contributed by atoms with van der Waals surface area (Å²) in [7, 11) is 0. The lowest BCUT2D eigenvalue weighted by atomic mass is 9.82. The highest BCUT2D eigenvalue weighted by atomic mass is 35.5. The molecule has 1 aliphatic carbocycles. The second-order valence-corrected chi connectivity index (χ2v) is 5.02. The first kappa shape index (κ1) is 12.4. The van der Waals surface area contributed by atoms with E-state index < -0.39 is 0 Å². The maximum atomic E-state index is 12.2. The molecular formula is C14H18ClNO. The molecule has 1 N–H and O–H groups in total. The number of nitrogens with one attached hydrogen (secondary N) is 1. The summed E-state index contributed by atoms with van der Waals surface area (Å²) in [6.07, 6.45) is 3.12. The van der Waals surface area contributed by atoms with Crippen molar-refractivity contribution >= 4 is 17.5 Å². The molecule has 0 fully saturated rings. The summed E-state index contributed by atoms with van der Waals surface area (Å²) in [5, 5.41) is 2.97. The zero-order valence-corrected chi connectivity index (χ0v) is 10.8. The van der Waals surface area contributed by atoms with Crippen molar-refractivity contribution in [3.63, 3.8) is 0 Å². The van der Waals surface area contributed by atoms with Gasteiger partial charge >= 0.3 is 0 Å². The van der Waals surface area contributed by atoms with E-state index in [1.54, 1.807) is 0 Å². The predicted molar refractivity (Wildman–Crippen MR) is 70.4 cm³/mol. The Morgan fingerprint density at radius 3 is 3.06 bits per heavy atom. The second kappa shape index (κ2) is 5.54. The van der Waals surface area contributed by atoms with Gasteiger partial charge in [0.15, 0.2) is 0 Å². The number of alkyl halides is 1. The molecule has 1 aromatic rings. The molecule has 2 rings (SSSR count). The number of carbonyl (C=O) groups is 1. The lowest BCUT2D eigenvalue weighted by molar-refractivity contribution is -0.123. The first-order valence-electron chi connectivity index (χ1n) is 6.16. The number of fused-ring (bicyclic) bond motifs is 1. The van der Waals surface area contributed by atoms with E-state index in [0.29, 0.717) is 5.88 Å². The molecule has 1 aromatic carbocycles. The van der Waals surface area contributed by atoms with Crippen LogP contribution in [0.15, 0.2) is 24.3 Å². The van der Waals surface area contributed by atoms with Crippen LogP contribution < -0.4 is 5.32 Å². The first-order chi connectivity index (χ1) is 8.22. The average Bonchev–Trinajstić information content (AvgIpc) is 2.37. The van der Waals surface area contributed by atoms with Crippen molar-refractivity contribution in [2.75, 3.05) is 5.88 Å². The average molecular weight is 252 g/mol. The van der Waals surface area contributed by atoms with Gasteiger partial charge in [-0.1, -0.05) is 24.3 Å². The highest BCUT2D eigenvalue weighted by Gasteiger charge is 2.26. The van der Waals surface area contributed by atoms with Crippen LogP contribution in [0.1, 0.15) is 36.8 Å². The smallest absolute Gasteiger partial charge is 0.227 e. The molecule has 0 bridgehead atoms. The lowest BCUT2D eigenvalue weighted by Gasteiger charge is -2.25. The van der Waals surface area contributed by atoms with Gasteiger partial charge in [-0.2, -0.15) is 0 Å². The van der Waals surface area contributed by atoms with Crippen LogP contribution in [0.3, 0.4) is 0 Å². The van der Waals surface area contributed by atoms with Gasteiger partial charge in [0, 0.05) is 11.9 Å². The minimum atomic E-state index is 0.00520. The van der Waals surface area contributed by atoms with Crippen molar-refractivity contribution in [2.45, 2.75) is 38.1 Å². The third kappa shape index (κ3) is 2.81. The monoisotopic (exact) mass is 251 g/mol. The minimum Gasteiger partial charge on any atom is -0.352 e. The van der Waals surface area contributed by atoms with Crippen molar-refractivity contribution < 1.29 is 4.79 Å². The normalized spacial score (nSPS) is 20.5. The quantitative estimate of drug-likeness (QED) is 0.823. The summed E-state index contributed by atoms with van der Waals surface area (Å²) in [5.74, 6) is 0.580. The summed E-state index contributed by atoms with van der Waals surface area (Å²) in [4.78, 5) is 12.2. The Kier molecular flexibility index (Phi) is 4.06. The van der Waals surface area contributed by atoms with E-state index in [4.69, 9.17) is 11.6 Å². The van der Waals surface area contributed by atoms with Crippen LogP contribution in [0, 0.1) is 0 Å². The van der Waals surface area contributed by atoms with Gasteiger partial charge in [0.05, 0.1) is 5.92 Å². The van der Waals surface area contributed by atoms with Crippen LogP contribution in [0.2, 0.25) is 0 Å². The van der Waals surface area contributed by atoms with Crippen molar-refractivity contribution in [3.05, 3.63) is 35.4 Å². The standard InChI is InChI=1S/C14H18ClNO/c1-10(9-15)16-14(17)13-8-4-6-11-5-2-3-7-12(11)13/h2-3,5,7,10,13H,4,6,8-9H2,1H3,(H,16,17). The number of rotatable bonds is 3. The second-order valence-electron chi connectivity index (χ2n) is 4.71. The number of hydrogen-bond donors (Lipinski definition) is 1. The van der Waals surface area contributed by atoms with Gasteiger partial charge in [-0.15, -0.1) is 11.6 Å². The van der Waals surface area contributed by atoms with Gasteiger partial charge in [-0.05, 0) is 37.3 Å². The van der Waals surface area contributed by atoms with Gasteiger partial charge in [-0.3, -0.25) is 4.79 Å². The van der Waals surface area contributed by atoms with Crippen LogP contribution in [0.5, 0.6) is 0 Å². The Morgan fingerprint density at radius 1 is 1.53 bits per heavy atom. The highest BCUT2D eigenvalue weighted by Crippen LogP contribution is 2.31. The number of hydrogen-bond acceptors (Lipinski definition) is 1. The van der Waals surface area contributed by atoms with Crippen LogP contribution in [-0.4, -0.2) is 17.8 Å². The lowest BCUT2D eigenvalue weighted by Crippen LogP contribution is -2.38. The van der Waals surface area contributed by atoms with Crippen LogP contribution in [-0.2, 0) is 11.2 Å². The van der Waals surface area contributed by atoms with Crippen molar-refractivity contribution in [2.24, 2.45) is 0 Å². The number of halogens is 1. The fourth-order valence-corrected chi connectivity index (χ4v) is 2.49. The van der Waals surface area contributed by atoms with E-state index >= 15 is 0 Å². The Hall–Kier alpha value is -1.02. The molecule has 0 heterocycles. The SMILES string of the molecule is CC(CCl)NC(=O)C1CCCc2ccccc21. The van der Waals surface area contributed by atoms with Gasteiger partial charge in [0.25, 0.3) is 0 Å². The van der Waals surface area contributed by atoms with Crippen molar-refractivity contribution in [1.29, 1.82) is 0 Å². The van der Waals surface area contributed by atoms with E-state index in [-0.39, 0.29) is 17.9 Å². The summed E-state index contributed by atoms with van der Waals surface area (Å²) < 4.78 is 0. The van der Waals surface area contributed by atoms with Gasteiger partial charge in [0.1, 0.15) is 0 Å². The third-order valence-corrected chi connectivity index (χ3v) is 3.77. The summed E-state index contributed by atoms with van der Waals surface area (Å²) in [6.45, 7) is 1.93. The fraction of sp³-hybridized carbons (Fsp3) is 0.500. The third-order valence-electron chi connectivity index (χ3n) is 3.31. The molecule has 2 atom stereocenters. The zero-order valence-electron chi connectivity index (χ0n) is 10.1. The molecule has 0 saturated carbocycles. The van der Waals surface area contributed by atoms with Gasteiger partial charge < -0.3 is 5.32 Å². The van der Waals surface area contributed by atoms with Crippen molar-refractivity contribution in [3.8, 4) is 0 Å². The molecule has 0 aromatic heterocycles. The molecule has 0 saturated heterocycles. The summed E-state index contributed by atoms with van der Waals surface area (Å²) in [5.41, 5.74) is 2.51. The number of aryl methyl sites for hydroxylation is 1. The maximum absolute atomic E-state index is 12.2. The van der Waals surface area contributed by atoms with E-state index in [2.05, 4.69) is 17.4 Å². The molecule has 0 radical (unpaired) electrons. The van der Waals surface area contributed by atoms with Crippen LogP contribution in [0.25, 0.3) is 0 Å². The molecule has 2 nitrogen and oxygen atoms in total. The van der Waals surface area contributed by atoms with Gasteiger partial charge in [-0.25, -0.2) is 0 Å². The zero-order chi connectivity index (χ0) is 12.3. The largest absolute Gasteiger partial charge is 0.352 e. The fourth-order valence-electron chi connectivity index (χ4n) is 2.41. The number of carbonyl (C=O) groups excluding carboxylic acids is 1. The van der Waals surface area contributed by atoms with Crippen LogP contribution in [0.4, 0.5) is 0 Å². The van der Waals surface area contributed by atoms with Crippen molar-refractivity contribution in [1.82, 2.24) is 5.32 Å². The molecule has 0 aliphatic heterocycles. The molecule has 0 spiro atoms. The molecular weight excluding hydrogens is 234 g/mol. The number of benzene rings is 1. The van der Waals surface area contributed by atoms with Crippen LogP contribution >= 0.6 is 11.6 Å². The van der Waals surface area contributed by atoms with E-state index in [1.807, 2.05) is 19.1 Å². The minimum absolute atomic E-state index is 0.00520. The predicted octanol–water partition coefficient (Wildman–Crippen LogP) is 2.85. The highest BCUT2D eigenvalue weighted by molar-refractivity contribution is 6.18. The van der Waals surface area contributed by atoms with E-state index in [9.17, 15) is 4.79 Å². The molecule has 1 aliphatic rings. The van der Waals surface area contributed by atoms with Gasteiger partial charge in [0.2, 0.25) is 5.91 Å². The molecule has 92 valence electrons. The Balaban J connectivity index is 2.15. The Morgan fingerprint density at radius 2 is 2.29 bits per heavy atom. The molecule has 17 heavy (non-hydrogen) atoms. The Bertz CT molecular complexity index is 405. The first-order valence-corrected chi connectivity index (χ1v) is 6.70. The molecule has 3 heteroatoms. The van der Waals surface area contributed by atoms with E-state index in [0.717, 1.165) is 19.3 Å². The topological polar surface area (TPSA) is 29.1 Å². The molecule has 2 unspecified atom stereocenters. The Labute approximate surface area is 107 Å². The summed E-state index contributed by atoms with van der Waals surface area (Å²) >= 11 is 5.72. The van der Waals surface area contributed by atoms with E-state index in [1.165, 1.54) is 11.1 Å².